The molecular formula is C15H14F2N2O2. The number of hydrogen-bond acceptors (Lipinski definition) is 3. The highest BCUT2D eigenvalue weighted by Crippen LogP contribution is 2.17. The lowest BCUT2D eigenvalue weighted by molar-refractivity contribution is -0.118. The van der Waals surface area contributed by atoms with Crippen LogP contribution in [-0.2, 0) is 4.79 Å². The van der Waals surface area contributed by atoms with Crippen molar-refractivity contribution >= 4 is 17.3 Å². The van der Waals surface area contributed by atoms with Crippen molar-refractivity contribution < 1.29 is 18.3 Å². The van der Waals surface area contributed by atoms with Crippen LogP contribution >= 0.6 is 0 Å². The molecule has 3 N–H and O–H groups in total. The average molecular weight is 292 g/mol. The predicted octanol–water partition coefficient (Wildman–Crippen LogP) is 2.87. The molecule has 21 heavy (non-hydrogen) atoms. The highest BCUT2D eigenvalue weighted by atomic mass is 19.1. The van der Waals surface area contributed by atoms with Gasteiger partial charge in [-0.25, -0.2) is 8.78 Å². The third kappa shape index (κ3) is 3.92. The molecule has 6 heteroatoms. The van der Waals surface area contributed by atoms with E-state index in [2.05, 4.69) is 5.32 Å². The van der Waals surface area contributed by atoms with E-state index in [1.807, 2.05) is 0 Å². The van der Waals surface area contributed by atoms with Crippen molar-refractivity contribution in [3.63, 3.8) is 0 Å². The molecule has 0 atom stereocenters. The second-order valence-electron chi connectivity index (χ2n) is 4.48. The summed E-state index contributed by atoms with van der Waals surface area (Å²) in [6.07, 6.45) is 0. The number of benzene rings is 2. The number of hydrogen-bond donors (Lipinski definition) is 2. The molecule has 0 aromatic heterocycles. The molecule has 0 aliphatic carbocycles. The molecule has 110 valence electrons. The summed E-state index contributed by atoms with van der Waals surface area (Å²) in [5.41, 5.74) is 6.19. The Balaban J connectivity index is 1.92. The Kier molecular flexibility index (Phi) is 4.37. The molecule has 0 spiro atoms. The van der Waals surface area contributed by atoms with Crippen molar-refractivity contribution in [2.45, 2.75) is 6.92 Å². The smallest absolute Gasteiger partial charge is 0.262 e. The Morgan fingerprint density at radius 3 is 2.62 bits per heavy atom. The van der Waals surface area contributed by atoms with Crippen molar-refractivity contribution in [1.82, 2.24) is 0 Å². The van der Waals surface area contributed by atoms with Gasteiger partial charge in [-0.1, -0.05) is 6.07 Å². The summed E-state index contributed by atoms with van der Waals surface area (Å²) in [4.78, 5) is 11.7. The van der Waals surface area contributed by atoms with Crippen LogP contribution in [0.2, 0.25) is 0 Å². The van der Waals surface area contributed by atoms with Crippen LogP contribution in [0.4, 0.5) is 20.2 Å². The van der Waals surface area contributed by atoms with Crippen molar-refractivity contribution in [3.05, 3.63) is 53.6 Å². The van der Waals surface area contributed by atoms with Gasteiger partial charge in [0.05, 0.1) is 5.69 Å². The molecule has 0 heterocycles. The Morgan fingerprint density at radius 1 is 1.19 bits per heavy atom. The third-order valence-corrected chi connectivity index (χ3v) is 2.79. The number of nitrogens with two attached hydrogens (primary N) is 1. The summed E-state index contributed by atoms with van der Waals surface area (Å²) >= 11 is 0. The van der Waals surface area contributed by atoms with Crippen LogP contribution in [0.5, 0.6) is 5.75 Å². The lowest BCUT2D eigenvalue weighted by Crippen LogP contribution is -2.20. The minimum absolute atomic E-state index is 0.0608. The van der Waals surface area contributed by atoms with Crippen molar-refractivity contribution in [1.29, 1.82) is 0 Å². The number of nitrogens with one attached hydrogen (secondary N) is 1. The van der Waals surface area contributed by atoms with E-state index in [0.717, 1.165) is 6.07 Å². The predicted molar refractivity (Wildman–Crippen MR) is 76.1 cm³/mol. The van der Waals surface area contributed by atoms with Crippen molar-refractivity contribution in [2.75, 3.05) is 17.7 Å². The summed E-state index contributed by atoms with van der Waals surface area (Å²) in [6.45, 7) is 1.34. The molecular weight excluding hydrogens is 278 g/mol. The molecule has 0 fully saturated rings. The van der Waals surface area contributed by atoms with E-state index >= 15 is 0 Å². The highest BCUT2D eigenvalue weighted by Gasteiger charge is 2.07. The first-order valence-electron chi connectivity index (χ1n) is 6.19. The maximum atomic E-state index is 13.3. The quantitative estimate of drug-likeness (QED) is 0.852. The van der Waals surface area contributed by atoms with Gasteiger partial charge in [0, 0.05) is 11.8 Å². The minimum atomic E-state index is -0.556. The number of ether oxygens (including phenoxy) is 1. The Bertz CT molecular complexity index is 675. The largest absolute Gasteiger partial charge is 0.484 e. The maximum Gasteiger partial charge on any atom is 0.262 e. The van der Waals surface area contributed by atoms with Crippen LogP contribution in [-0.4, -0.2) is 12.5 Å². The lowest BCUT2D eigenvalue weighted by atomic mass is 10.2. The van der Waals surface area contributed by atoms with E-state index in [-0.39, 0.29) is 18.0 Å². The molecule has 0 radical (unpaired) electrons. The van der Waals surface area contributed by atoms with Gasteiger partial charge >= 0.3 is 0 Å². The normalized spacial score (nSPS) is 10.2. The number of carbonyl (C=O) groups is 1. The summed E-state index contributed by atoms with van der Waals surface area (Å²) < 4.78 is 31.5. The Morgan fingerprint density at radius 2 is 1.95 bits per heavy atom. The van der Waals surface area contributed by atoms with E-state index in [1.165, 1.54) is 18.2 Å². The number of amides is 1. The zero-order valence-corrected chi connectivity index (χ0v) is 11.3. The lowest BCUT2D eigenvalue weighted by Gasteiger charge is -2.09. The average Bonchev–Trinajstić information content (AvgIpc) is 2.44. The van der Waals surface area contributed by atoms with Gasteiger partial charge in [-0.05, 0) is 36.8 Å². The van der Waals surface area contributed by atoms with Gasteiger partial charge in [0.1, 0.15) is 17.4 Å². The van der Waals surface area contributed by atoms with Crippen LogP contribution < -0.4 is 15.8 Å². The van der Waals surface area contributed by atoms with Crippen LogP contribution in [0.3, 0.4) is 0 Å². The van der Waals surface area contributed by atoms with Crippen LogP contribution in [0.1, 0.15) is 5.56 Å². The number of anilines is 2. The van der Waals surface area contributed by atoms with Gasteiger partial charge in [0.25, 0.3) is 5.91 Å². The first-order chi connectivity index (χ1) is 9.95. The molecule has 0 aliphatic rings. The fourth-order valence-corrected chi connectivity index (χ4v) is 1.63. The second kappa shape index (κ2) is 6.21. The van der Waals surface area contributed by atoms with Crippen molar-refractivity contribution in [2.24, 2.45) is 0 Å². The third-order valence-electron chi connectivity index (χ3n) is 2.79. The summed E-state index contributed by atoms with van der Waals surface area (Å²) in [7, 11) is 0. The Hall–Kier alpha value is -2.63. The summed E-state index contributed by atoms with van der Waals surface area (Å²) in [5.74, 6) is -1.16. The van der Waals surface area contributed by atoms with E-state index in [9.17, 15) is 13.6 Å². The highest BCUT2D eigenvalue weighted by molar-refractivity contribution is 5.92. The fourth-order valence-electron chi connectivity index (χ4n) is 1.63. The van der Waals surface area contributed by atoms with Crippen LogP contribution in [0.25, 0.3) is 0 Å². The van der Waals surface area contributed by atoms with E-state index in [1.54, 1.807) is 19.1 Å². The maximum absolute atomic E-state index is 13.3. The summed E-state index contributed by atoms with van der Waals surface area (Å²) in [6, 6.07) is 8.18. The standard InChI is InChI=1S/C15H14F2N2O2/c1-9-2-4-11(7-13(9)17)21-8-15(20)19-10-3-5-12(16)14(18)6-10/h2-7H,8,18H2,1H3,(H,19,20). The van der Waals surface area contributed by atoms with Gasteiger partial charge < -0.3 is 15.8 Å². The molecule has 2 aromatic carbocycles. The molecule has 0 unspecified atom stereocenters. The molecule has 1 amide bonds. The van der Waals surface area contributed by atoms with E-state index < -0.39 is 17.5 Å². The van der Waals surface area contributed by atoms with Gasteiger partial charge in [-0.3, -0.25) is 4.79 Å². The number of carbonyl (C=O) groups excluding carboxylic acids is 1. The van der Waals surface area contributed by atoms with Crippen molar-refractivity contribution in [3.8, 4) is 5.75 Å². The Labute approximate surface area is 120 Å². The SMILES string of the molecule is Cc1ccc(OCC(=O)Nc2ccc(F)c(N)c2)cc1F. The van der Waals surface area contributed by atoms with Gasteiger partial charge in [-0.2, -0.15) is 0 Å². The topological polar surface area (TPSA) is 64.3 Å². The molecule has 4 nitrogen and oxygen atoms in total. The number of nitrogen functional groups attached to an aromatic ring is 1. The molecule has 2 aromatic rings. The monoisotopic (exact) mass is 292 g/mol. The minimum Gasteiger partial charge on any atom is -0.484 e. The summed E-state index contributed by atoms with van der Waals surface area (Å²) in [5, 5.41) is 2.50. The van der Waals surface area contributed by atoms with Gasteiger partial charge in [0.15, 0.2) is 6.61 Å². The van der Waals surface area contributed by atoms with E-state index in [4.69, 9.17) is 10.5 Å². The zero-order valence-electron chi connectivity index (χ0n) is 11.3. The van der Waals surface area contributed by atoms with E-state index in [0.29, 0.717) is 11.3 Å². The molecule has 0 saturated heterocycles. The molecule has 0 bridgehead atoms. The van der Waals surface area contributed by atoms with Crippen LogP contribution in [0, 0.1) is 18.6 Å². The van der Waals surface area contributed by atoms with Crippen LogP contribution in [0.15, 0.2) is 36.4 Å². The van der Waals surface area contributed by atoms with Gasteiger partial charge in [0.2, 0.25) is 0 Å². The zero-order chi connectivity index (χ0) is 15.4. The number of aryl methyl sites for hydroxylation is 1. The second-order valence-corrected chi connectivity index (χ2v) is 4.48. The first kappa shape index (κ1) is 14.8. The van der Waals surface area contributed by atoms with Gasteiger partial charge in [-0.15, -0.1) is 0 Å². The number of rotatable bonds is 4. The fraction of sp³-hybridized carbons (Fsp3) is 0.133. The first-order valence-corrected chi connectivity index (χ1v) is 6.19. The molecule has 0 aliphatic heterocycles. The molecule has 0 saturated carbocycles. The number of halogens is 2. The molecule has 2 rings (SSSR count).